The van der Waals surface area contributed by atoms with E-state index in [0.29, 0.717) is 11.3 Å². The summed E-state index contributed by atoms with van der Waals surface area (Å²) in [4.78, 5) is 81.3. The van der Waals surface area contributed by atoms with Crippen molar-refractivity contribution in [2.75, 3.05) is 33.1 Å². The van der Waals surface area contributed by atoms with Crippen LogP contribution in [-0.4, -0.2) is 89.8 Å². The number of amides is 1. The lowest BCUT2D eigenvalue weighted by molar-refractivity contribution is -0.181. The van der Waals surface area contributed by atoms with E-state index in [2.05, 4.69) is 0 Å². The topological polar surface area (TPSA) is 175 Å². The summed E-state index contributed by atoms with van der Waals surface area (Å²) in [5, 5.41) is 22.4. The molecule has 4 N–H and O–H groups in total. The van der Waals surface area contributed by atoms with Crippen LogP contribution in [0.25, 0.3) is 0 Å². The van der Waals surface area contributed by atoms with Gasteiger partial charge in [0, 0.05) is 25.7 Å². The van der Waals surface area contributed by atoms with Gasteiger partial charge >= 0.3 is 0 Å². The third-order valence-corrected chi connectivity index (χ3v) is 7.90. The van der Waals surface area contributed by atoms with Gasteiger partial charge in [0.15, 0.2) is 40.4 Å². The second kappa shape index (κ2) is 8.31. The Morgan fingerprint density at radius 3 is 2.19 bits per heavy atom. The van der Waals surface area contributed by atoms with Crippen molar-refractivity contribution in [2.24, 2.45) is 29.4 Å². The van der Waals surface area contributed by atoms with E-state index >= 15 is 0 Å². The van der Waals surface area contributed by atoms with Crippen molar-refractivity contribution >= 4 is 40.5 Å². The fourth-order valence-electron chi connectivity index (χ4n) is 6.32. The van der Waals surface area contributed by atoms with E-state index in [1.165, 1.54) is 32.0 Å². The number of hydrogen-bond donors (Lipinski definition) is 3. The Bertz CT molecular complexity index is 1250. The van der Waals surface area contributed by atoms with Crippen molar-refractivity contribution in [1.29, 1.82) is 0 Å². The Labute approximate surface area is 207 Å². The fourth-order valence-corrected chi connectivity index (χ4v) is 6.32. The monoisotopic (exact) mass is 499 g/mol. The molecule has 11 heteroatoms. The predicted octanol–water partition coefficient (Wildman–Crippen LogP) is -0.864. The first-order valence-corrected chi connectivity index (χ1v) is 11.6. The second-order valence-corrected chi connectivity index (χ2v) is 10.4. The molecule has 0 heterocycles. The highest BCUT2D eigenvalue weighted by Crippen LogP contribution is 2.52. The van der Waals surface area contributed by atoms with Gasteiger partial charge in [0.2, 0.25) is 5.91 Å². The van der Waals surface area contributed by atoms with Gasteiger partial charge in [0.25, 0.3) is 0 Å². The maximum atomic E-state index is 13.8. The molecule has 4 unspecified atom stereocenters. The fraction of sp³-hybridized carbons (Fsp3) is 0.520. The molecule has 0 radical (unpaired) electrons. The molecule has 36 heavy (non-hydrogen) atoms. The molecular weight excluding hydrogens is 470 g/mol. The average molecular weight is 500 g/mol. The standard InChI is InChI=1S/C25H29N3O8/c1-9(29)11-8-14(27(2)3)12-6-10-7-13-18(28(4)5)21(32)17(24(26)35)23(34)25(13,36)22(33)15(10)20(31)16(12)19(11)30/h8,10,13,15,17-18,30,36H,6-7H2,1-5H3,(H2,26,35)/t10?,13?,15?,17?,18-,25-/m0/s1. The number of nitrogens with zero attached hydrogens (tertiary/aromatic N) is 2. The number of phenols is 1. The van der Waals surface area contributed by atoms with Crippen LogP contribution in [0.15, 0.2) is 6.07 Å². The number of benzene rings is 1. The summed E-state index contributed by atoms with van der Waals surface area (Å²) in [5.74, 6) is -11.8. The smallest absolute Gasteiger partial charge is 0.235 e. The molecule has 192 valence electrons. The van der Waals surface area contributed by atoms with Crippen molar-refractivity contribution in [1.82, 2.24) is 4.90 Å². The predicted molar refractivity (Wildman–Crippen MR) is 126 cm³/mol. The van der Waals surface area contributed by atoms with Gasteiger partial charge in [-0.3, -0.25) is 33.7 Å². The molecule has 4 rings (SSSR count). The number of hydrogen-bond acceptors (Lipinski definition) is 10. The lowest BCUT2D eigenvalue weighted by Crippen LogP contribution is -2.74. The molecule has 1 amide bonds. The molecule has 2 fully saturated rings. The van der Waals surface area contributed by atoms with Crippen LogP contribution in [0.3, 0.4) is 0 Å². The quantitative estimate of drug-likeness (QED) is 0.349. The zero-order valence-corrected chi connectivity index (χ0v) is 20.7. The van der Waals surface area contributed by atoms with Crippen LogP contribution >= 0.6 is 0 Å². The summed E-state index contributed by atoms with van der Waals surface area (Å²) in [7, 11) is 6.48. The van der Waals surface area contributed by atoms with Gasteiger partial charge in [-0.1, -0.05) is 0 Å². The first-order chi connectivity index (χ1) is 16.7. The molecule has 0 aliphatic heterocycles. The van der Waals surface area contributed by atoms with Crippen molar-refractivity contribution < 1.29 is 39.0 Å². The minimum absolute atomic E-state index is 0.0357. The summed E-state index contributed by atoms with van der Waals surface area (Å²) in [6, 6.07) is 0.326. The maximum Gasteiger partial charge on any atom is 0.235 e. The zero-order chi connectivity index (χ0) is 27.0. The van der Waals surface area contributed by atoms with Crippen molar-refractivity contribution in [3.05, 3.63) is 22.8 Å². The number of likely N-dealkylation sites (N-methyl/N-ethyl adjacent to an activating group) is 1. The number of Topliss-reactive ketones (excluding diaryl/α,β-unsaturated/α-hetero) is 5. The zero-order valence-electron chi connectivity index (χ0n) is 20.7. The molecule has 1 aromatic rings. The normalized spacial score (nSPS) is 31.6. The van der Waals surface area contributed by atoms with Crippen LogP contribution in [-0.2, 0) is 25.6 Å². The third-order valence-electron chi connectivity index (χ3n) is 7.90. The lowest BCUT2D eigenvalue weighted by atomic mass is 9.52. The van der Waals surface area contributed by atoms with E-state index in [9.17, 15) is 39.0 Å². The van der Waals surface area contributed by atoms with Gasteiger partial charge in [0.1, 0.15) is 5.75 Å². The Kier molecular flexibility index (Phi) is 5.92. The number of fused-ring (bicyclic) bond motifs is 3. The van der Waals surface area contributed by atoms with Crippen molar-refractivity contribution in [3.8, 4) is 5.75 Å². The minimum Gasteiger partial charge on any atom is -0.506 e. The van der Waals surface area contributed by atoms with E-state index in [0.717, 1.165) is 0 Å². The van der Waals surface area contributed by atoms with E-state index in [1.54, 1.807) is 19.0 Å². The number of aliphatic hydroxyl groups is 1. The highest BCUT2D eigenvalue weighted by atomic mass is 16.3. The molecular formula is C25H29N3O8. The average Bonchev–Trinajstić information content (AvgIpc) is 2.75. The van der Waals surface area contributed by atoms with Gasteiger partial charge in [-0.05, 0) is 51.4 Å². The highest BCUT2D eigenvalue weighted by Gasteiger charge is 2.69. The third kappa shape index (κ3) is 3.26. The van der Waals surface area contributed by atoms with E-state index < -0.39 is 75.9 Å². The number of anilines is 1. The van der Waals surface area contributed by atoms with Crippen molar-refractivity contribution in [3.63, 3.8) is 0 Å². The number of ketones is 5. The van der Waals surface area contributed by atoms with Gasteiger partial charge in [-0.15, -0.1) is 0 Å². The molecule has 1 aromatic carbocycles. The molecule has 0 saturated heterocycles. The lowest BCUT2D eigenvalue weighted by Gasteiger charge is -2.52. The number of primary amides is 1. The summed E-state index contributed by atoms with van der Waals surface area (Å²) >= 11 is 0. The second-order valence-electron chi connectivity index (χ2n) is 10.4. The Morgan fingerprint density at radius 1 is 1.08 bits per heavy atom. The number of nitrogens with two attached hydrogens (primary N) is 1. The minimum atomic E-state index is -2.78. The number of phenolic OH excluding ortho intramolecular Hbond substituents is 1. The molecule has 0 spiro atoms. The van der Waals surface area contributed by atoms with Gasteiger partial charge in [0.05, 0.1) is 23.1 Å². The van der Waals surface area contributed by atoms with Gasteiger partial charge < -0.3 is 20.8 Å². The molecule has 3 aliphatic rings. The van der Waals surface area contributed by atoms with Crippen LogP contribution < -0.4 is 10.6 Å². The number of rotatable bonds is 4. The van der Waals surface area contributed by atoms with E-state index in [1.807, 2.05) is 0 Å². The molecule has 6 atom stereocenters. The van der Waals surface area contributed by atoms with Crippen LogP contribution in [0.5, 0.6) is 5.75 Å². The van der Waals surface area contributed by atoms with Gasteiger partial charge in [-0.25, -0.2) is 0 Å². The first-order valence-electron chi connectivity index (χ1n) is 11.6. The Balaban J connectivity index is 1.93. The summed E-state index contributed by atoms with van der Waals surface area (Å²) < 4.78 is 0. The Morgan fingerprint density at radius 2 is 1.69 bits per heavy atom. The Hall–Kier alpha value is -3.44. The van der Waals surface area contributed by atoms with Crippen LogP contribution in [0, 0.1) is 23.7 Å². The number of aromatic hydroxyl groups is 1. The summed E-state index contributed by atoms with van der Waals surface area (Å²) in [6.07, 6.45) is 0.0943. The summed E-state index contributed by atoms with van der Waals surface area (Å²) in [5.41, 5.74) is 3.20. The highest BCUT2D eigenvalue weighted by molar-refractivity contribution is 6.32. The van der Waals surface area contributed by atoms with Crippen molar-refractivity contribution in [2.45, 2.75) is 31.4 Å². The molecule has 0 bridgehead atoms. The van der Waals surface area contributed by atoms with Crippen LogP contribution in [0.1, 0.15) is 39.6 Å². The van der Waals surface area contributed by atoms with E-state index in [4.69, 9.17) is 5.73 Å². The van der Waals surface area contributed by atoms with Crippen LogP contribution in [0.2, 0.25) is 0 Å². The maximum absolute atomic E-state index is 13.8. The molecule has 3 aliphatic carbocycles. The van der Waals surface area contributed by atoms with Crippen LogP contribution in [0.4, 0.5) is 5.69 Å². The number of carbonyl (C=O) groups excluding carboxylic acids is 6. The molecule has 2 saturated carbocycles. The van der Waals surface area contributed by atoms with Gasteiger partial charge in [-0.2, -0.15) is 0 Å². The summed E-state index contributed by atoms with van der Waals surface area (Å²) in [6.45, 7) is 1.24. The first kappa shape index (κ1) is 25.6. The SMILES string of the molecule is CC(=O)c1cc(N(C)C)c2c(c1O)C(=O)C1C(=O)[C@]3(O)C(=O)C(C(N)=O)C(=O)[C@@H](N(C)C)C3CC1C2. The van der Waals surface area contributed by atoms with E-state index in [-0.39, 0.29) is 24.0 Å². The largest absolute Gasteiger partial charge is 0.506 e. The molecule has 0 aromatic heterocycles. The number of carbonyl (C=O) groups is 6. The molecule has 11 nitrogen and oxygen atoms in total.